The van der Waals surface area contributed by atoms with Crippen molar-refractivity contribution in [2.45, 2.75) is 52.5 Å². The van der Waals surface area contributed by atoms with Crippen LogP contribution in [0, 0.1) is 12.3 Å². The predicted octanol–water partition coefficient (Wildman–Crippen LogP) is 3.21. The average Bonchev–Trinajstić information content (AvgIpc) is 2.31. The number of aryl methyl sites for hydroxylation is 1. The van der Waals surface area contributed by atoms with Gasteiger partial charge in [0.2, 0.25) is 5.95 Å². The Bertz CT molecular complexity index is 404. The second-order valence-electron chi connectivity index (χ2n) is 6.05. The lowest BCUT2D eigenvalue weighted by atomic mass is 9.75. The summed E-state index contributed by atoms with van der Waals surface area (Å²) in [5.41, 5.74) is 1.50. The highest BCUT2D eigenvalue weighted by Gasteiger charge is 2.26. The van der Waals surface area contributed by atoms with Gasteiger partial charge in [0, 0.05) is 24.8 Å². The van der Waals surface area contributed by atoms with Crippen LogP contribution in [0.15, 0.2) is 6.07 Å². The van der Waals surface area contributed by atoms with Crippen molar-refractivity contribution >= 4 is 11.8 Å². The van der Waals surface area contributed by atoms with Crippen molar-refractivity contribution in [3.63, 3.8) is 0 Å². The summed E-state index contributed by atoms with van der Waals surface area (Å²) >= 11 is 0. The third-order valence-electron chi connectivity index (χ3n) is 3.77. The molecule has 0 radical (unpaired) electrons. The summed E-state index contributed by atoms with van der Waals surface area (Å²) in [5, 5.41) is 6.54. The molecular weight excluding hydrogens is 224 g/mol. The maximum atomic E-state index is 4.45. The SMILES string of the molecule is CNc1nc(C)cc(NC2CCC(C)(C)CC2)n1. The monoisotopic (exact) mass is 248 g/mol. The average molecular weight is 248 g/mol. The van der Waals surface area contributed by atoms with E-state index in [1.165, 1.54) is 25.7 Å². The molecule has 0 aliphatic heterocycles. The van der Waals surface area contributed by atoms with Crippen LogP contribution in [0.25, 0.3) is 0 Å². The van der Waals surface area contributed by atoms with Gasteiger partial charge in [0.05, 0.1) is 0 Å². The maximum absolute atomic E-state index is 4.45. The van der Waals surface area contributed by atoms with Crippen molar-refractivity contribution in [1.29, 1.82) is 0 Å². The summed E-state index contributed by atoms with van der Waals surface area (Å²) in [5.74, 6) is 1.63. The van der Waals surface area contributed by atoms with E-state index in [9.17, 15) is 0 Å². The van der Waals surface area contributed by atoms with Gasteiger partial charge in [0.15, 0.2) is 0 Å². The minimum Gasteiger partial charge on any atom is -0.367 e. The smallest absolute Gasteiger partial charge is 0.224 e. The van der Waals surface area contributed by atoms with Crippen LogP contribution in [-0.4, -0.2) is 23.1 Å². The molecule has 1 fully saturated rings. The van der Waals surface area contributed by atoms with Crippen molar-refractivity contribution < 1.29 is 0 Å². The highest BCUT2D eigenvalue weighted by Crippen LogP contribution is 2.35. The van der Waals surface area contributed by atoms with Gasteiger partial charge in [-0.05, 0) is 38.0 Å². The Hall–Kier alpha value is -1.32. The largest absolute Gasteiger partial charge is 0.367 e. The van der Waals surface area contributed by atoms with Crippen molar-refractivity contribution in [2.24, 2.45) is 5.41 Å². The van der Waals surface area contributed by atoms with Crippen molar-refractivity contribution in [2.75, 3.05) is 17.7 Å². The molecule has 1 aliphatic carbocycles. The first kappa shape index (κ1) is 13.1. The van der Waals surface area contributed by atoms with E-state index in [2.05, 4.69) is 34.4 Å². The summed E-state index contributed by atoms with van der Waals surface area (Å²) < 4.78 is 0. The minimum absolute atomic E-state index is 0.510. The first-order valence-corrected chi connectivity index (χ1v) is 6.78. The second-order valence-corrected chi connectivity index (χ2v) is 6.05. The van der Waals surface area contributed by atoms with E-state index in [1.54, 1.807) is 0 Å². The fourth-order valence-corrected chi connectivity index (χ4v) is 2.51. The molecule has 0 atom stereocenters. The molecule has 1 saturated carbocycles. The molecule has 100 valence electrons. The molecule has 0 bridgehead atoms. The fraction of sp³-hybridized carbons (Fsp3) is 0.714. The summed E-state index contributed by atoms with van der Waals surface area (Å²) in [6.45, 7) is 6.71. The van der Waals surface area contributed by atoms with Gasteiger partial charge in [-0.1, -0.05) is 13.8 Å². The molecule has 18 heavy (non-hydrogen) atoms. The first-order valence-electron chi connectivity index (χ1n) is 6.78. The number of hydrogen-bond acceptors (Lipinski definition) is 4. The molecule has 2 rings (SSSR count). The Morgan fingerprint density at radius 1 is 1.22 bits per heavy atom. The van der Waals surface area contributed by atoms with Gasteiger partial charge in [-0.3, -0.25) is 0 Å². The molecule has 0 unspecified atom stereocenters. The van der Waals surface area contributed by atoms with Crippen LogP contribution in [0.5, 0.6) is 0 Å². The predicted molar refractivity (Wildman–Crippen MR) is 76.0 cm³/mol. The summed E-state index contributed by atoms with van der Waals surface area (Å²) in [4.78, 5) is 8.76. The van der Waals surface area contributed by atoms with Gasteiger partial charge < -0.3 is 10.6 Å². The Labute approximate surface area is 110 Å². The second kappa shape index (κ2) is 5.12. The number of aromatic nitrogens is 2. The fourth-order valence-electron chi connectivity index (χ4n) is 2.51. The van der Waals surface area contributed by atoms with Crippen molar-refractivity contribution in [1.82, 2.24) is 9.97 Å². The Balaban J connectivity index is 2.00. The third kappa shape index (κ3) is 3.34. The van der Waals surface area contributed by atoms with E-state index in [4.69, 9.17) is 0 Å². The molecule has 0 saturated heterocycles. The molecule has 0 aromatic carbocycles. The molecule has 1 aromatic heterocycles. The summed E-state index contributed by atoms with van der Waals surface area (Å²) in [6, 6.07) is 2.57. The molecule has 4 heteroatoms. The van der Waals surface area contributed by atoms with Crippen LogP contribution in [0.4, 0.5) is 11.8 Å². The van der Waals surface area contributed by atoms with Crippen LogP contribution in [-0.2, 0) is 0 Å². The minimum atomic E-state index is 0.510. The van der Waals surface area contributed by atoms with Crippen LogP contribution in [0.2, 0.25) is 0 Å². The number of nitrogens with one attached hydrogen (secondary N) is 2. The Morgan fingerprint density at radius 2 is 1.89 bits per heavy atom. The van der Waals surface area contributed by atoms with Crippen LogP contribution in [0.3, 0.4) is 0 Å². The van der Waals surface area contributed by atoms with Gasteiger partial charge in [0.1, 0.15) is 5.82 Å². The summed E-state index contributed by atoms with van der Waals surface area (Å²) in [6.07, 6.45) is 5.02. The standard InChI is InChI=1S/C14H24N4/c1-10-9-12(18-13(15-4)16-10)17-11-5-7-14(2,3)8-6-11/h9,11H,5-8H2,1-4H3,(H2,15,16,17,18). The van der Waals surface area contributed by atoms with Gasteiger partial charge in [0.25, 0.3) is 0 Å². The molecule has 1 heterocycles. The zero-order valence-corrected chi connectivity index (χ0v) is 11.9. The van der Waals surface area contributed by atoms with E-state index < -0.39 is 0 Å². The Kier molecular flexibility index (Phi) is 3.73. The van der Waals surface area contributed by atoms with Crippen molar-refractivity contribution in [3.8, 4) is 0 Å². The Morgan fingerprint density at radius 3 is 2.50 bits per heavy atom. The topological polar surface area (TPSA) is 49.8 Å². The zero-order chi connectivity index (χ0) is 13.2. The molecular formula is C14H24N4. The highest BCUT2D eigenvalue weighted by molar-refractivity contribution is 5.42. The van der Waals surface area contributed by atoms with E-state index >= 15 is 0 Å². The number of nitrogens with zero attached hydrogens (tertiary/aromatic N) is 2. The highest BCUT2D eigenvalue weighted by atomic mass is 15.1. The summed E-state index contributed by atoms with van der Waals surface area (Å²) in [7, 11) is 1.85. The van der Waals surface area contributed by atoms with Gasteiger partial charge in [-0.15, -0.1) is 0 Å². The molecule has 0 amide bonds. The molecule has 4 nitrogen and oxygen atoms in total. The normalized spacial score (nSPS) is 19.6. The first-order chi connectivity index (χ1) is 8.48. The van der Waals surface area contributed by atoms with Crippen LogP contribution >= 0.6 is 0 Å². The van der Waals surface area contributed by atoms with Crippen molar-refractivity contribution in [3.05, 3.63) is 11.8 Å². The van der Waals surface area contributed by atoms with E-state index in [0.29, 0.717) is 17.4 Å². The lowest BCUT2D eigenvalue weighted by Crippen LogP contribution is -2.30. The quantitative estimate of drug-likeness (QED) is 0.862. The maximum Gasteiger partial charge on any atom is 0.224 e. The zero-order valence-electron chi connectivity index (χ0n) is 11.9. The van der Waals surface area contributed by atoms with Crippen LogP contribution < -0.4 is 10.6 Å². The van der Waals surface area contributed by atoms with E-state index in [0.717, 1.165) is 11.5 Å². The van der Waals surface area contributed by atoms with Gasteiger partial charge in [-0.2, -0.15) is 4.98 Å². The van der Waals surface area contributed by atoms with E-state index in [1.807, 2.05) is 20.0 Å². The number of hydrogen-bond donors (Lipinski definition) is 2. The molecule has 0 spiro atoms. The van der Waals surface area contributed by atoms with Gasteiger partial charge >= 0.3 is 0 Å². The number of rotatable bonds is 3. The number of anilines is 2. The van der Waals surface area contributed by atoms with Gasteiger partial charge in [-0.25, -0.2) is 4.98 Å². The molecule has 1 aromatic rings. The van der Waals surface area contributed by atoms with E-state index in [-0.39, 0.29) is 0 Å². The lowest BCUT2D eigenvalue weighted by Gasteiger charge is -2.34. The molecule has 1 aliphatic rings. The third-order valence-corrected chi connectivity index (χ3v) is 3.77. The molecule has 2 N–H and O–H groups in total. The lowest BCUT2D eigenvalue weighted by molar-refractivity contribution is 0.232. The van der Waals surface area contributed by atoms with Crippen LogP contribution in [0.1, 0.15) is 45.2 Å².